The summed E-state index contributed by atoms with van der Waals surface area (Å²) in [7, 11) is 1.68. The second kappa shape index (κ2) is 6.13. The number of hydrogen-bond donors (Lipinski definition) is 2. The van der Waals surface area contributed by atoms with E-state index in [9.17, 15) is 0 Å². The van der Waals surface area contributed by atoms with Crippen molar-refractivity contribution in [1.29, 1.82) is 0 Å². The molecule has 1 atom stereocenters. The molecule has 2 heterocycles. The average molecular weight is 338 g/mol. The van der Waals surface area contributed by atoms with Gasteiger partial charge in [-0.15, -0.1) is 0 Å². The maximum absolute atomic E-state index is 5.43. The standard InChI is InChI=1S/C18H18N4OS/c1-12-7-3-5-9-14(12)19-18-20-17-11-15(21-22(17)24-18)13-8-4-6-10-16(13)23-2/h3-11,18-20H,1-2H3/t18-/m0/s1. The third-order valence-corrected chi connectivity index (χ3v) is 4.90. The highest BCUT2D eigenvalue weighted by Crippen LogP contribution is 2.36. The van der Waals surface area contributed by atoms with Gasteiger partial charge in [0.2, 0.25) is 0 Å². The molecule has 0 spiro atoms. The highest BCUT2D eigenvalue weighted by atomic mass is 32.2. The van der Waals surface area contributed by atoms with Crippen LogP contribution in [-0.4, -0.2) is 21.8 Å². The lowest BCUT2D eigenvalue weighted by Gasteiger charge is -2.15. The smallest absolute Gasteiger partial charge is 0.168 e. The number of para-hydroxylation sites is 2. The average Bonchev–Trinajstić information content (AvgIpc) is 3.15. The summed E-state index contributed by atoms with van der Waals surface area (Å²) in [5, 5.41) is 11.6. The van der Waals surface area contributed by atoms with E-state index in [1.54, 1.807) is 19.1 Å². The Hall–Kier alpha value is -2.60. The monoisotopic (exact) mass is 338 g/mol. The molecule has 0 unspecified atom stereocenters. The lowest BCUT2D eigenvalue weighted by molar-refractivity contribution is 0.416. The Morgan fingerprint density at radius 1 is 1.17 bits per heavy atom. The first-order valence-electron chi connectivity index (χ1n) is 7.74. The second-order valence-corrected chi connectivity index (χ2v) is 6.61. The first kappa shape index (κ1) is 15.0. The minimum atomic E-state index is 0.0559. The Labute approximate surface area is 145 Å². The molecule has 5 nitrogen and oxygen atoms in total. The summed E-state index contributed by atoms with van der Waals surface area (Å²) in [6.45, 7) is 2.10. The zero-order valence-electron chi connectivity index (χ0n) is 13.5. The molecule has 6 heteroatoms. The summed E-state index contributed by atoms with van der Waals surface area (Å²) in [5.41, 5.74) is 4.29. The van der Waals surface area contributed by atoms with Gasteiger partial charge in [0.25, 0.3) is 0 Å². The number of benzene rings is 2. The van der Waals surface area contributed by atoms with Crippen molar-refractivity contribution in [2.24, 2.45) is 0 Å². The molecule has 3 aromatic rings. The highest BCUT2D eigenvalue weighted by Gasteiger charge is 2.25. The number of methoxy groups -OCH3 is 1. The van der Waals surface area contributed by atoms with Crippen LogP contribution in [0.2, 0.25) is 0 Å². The highest BCUT2D eigenvalue weighted by molar-refractivity contribution is 7.98. The lowest BCUT2D eigenvalue weighted by atomic mass is 10.1. The Kier molecular flexibility index (Phi) is 3.82. The third-order valence-electron chi connectivity index (χ3n) is 3.98. The summed E-state index contributed by atoms with van der Waals surface area (Å²) in [6.07, 6.45) is 0. The third kappa shape index (κ3) is 2.69. The van der Waals surface area contributed by atoms with Crippen molar-refractivity contribution in [3.63, 3.8) is 0 Å². The summed E-state index contributed by atoms with van der Waals surface area (Å²) in [6, 6.07) is 18.2. The van der Waals surface area contributed by atoms with Gasteiger partial charge in [0.05, 0.1) is 12.8 Å². The molecule has 122 valence electrons. The molecule has 0 bridgehead atoms. The molecule has 1 aliphatic heterocycles. The molecule has 0 saturated carbocycles. The minimum absolute atomic E-state index is 0.0559. The molecular formula is C18H18N4OS. The van der Waals surface area contributed by atoms with Crippen molar-refractivity contribution in [1.82, 2.24) is 9.19 Å². The summed E-state index contributed by atoms with van der Waals surface area (Å²) >= 11 is 1.61. The van der Waals surface area contributed by atoms with Crippen molar-refractivity contribution < 1.29 is 4.74 Å². The number of rotatable bonds is 4. The number of aromatic nitrogens is 2. The van der Waals surface area contributed by atoms with Crippen molar-refractivity contribution >= 4 is 23.5 Å². The van der Waals surface area contributed by atoms with Gasteiger partial charge in [-0.1, -0.05) is 30.3 Å². The van der Waals surface area contributed by atoms with Gasteiger partial charge in [0.15, 0.2) is 5.50 Å². The minimum Gasteiger partial charge on any atom is -0.496 e. The van der Waals surface area contributed by atoms with E-state index in [4.69, 9.17) is 4.74 Å². The molecule has 0 saturated heterocycles. The Morgan fingerprint density at radius 3 is 2.75 bits per heavy atom. The van der Waals surface area contributed by atoms with E-state index in [-0.39, 0.29) is 5.50 Å². The van der Waals surface area contributed by atoms with E-state index >= 15 is 0 Å². The van der Waals surface area contributed by atoms with Crippen LogP contribution in [0.5, 0.6) is 5.75 Å². The van der Waals surface area contributed by atoms with Crippen LogP contribution in [0.1, 0.15) is 5.56 Å². The number of anilines is 2. The van der Waals surface area contributed by atoms with E-state index in [1.807, 2.05) is 46.6 Å². The summed E-state index contributed by atoms with van der Waals surface area (Å²) in [5.74, 6) is 1.81. The fourth-order valence-electron chi connectivity index (χ4n) is 2.73. The van der Waals surface area contributed by atoms with Crippen LogP contribution < -0.4 is 15.4 Å². The van der Waals surface area contributed by atoms with Crippen LogP contribution >= 0.6 is 11.9 Å². The lowest BCUT2D eigenvalue weighted by Crippen LogP contribution is -2.21. The first-order valence-corrected chi connectivity index (χ1v) is 8.57. The first-order chi connectivity index (χ1) is 11.7. The van der Waals surface area contributed by atoms with E-state index in [2.05, 4.69) is 34.8 Å². The molecule has 0 fully saturated rings. The SMILES string of the molecule is COc1ccccc1-c1cc2n(n1)S[C@@H](Nc1ccccc1C)N2. The van der Waals surface area contributed by atoms with E-state index in [1.165, 1.54) is 5.56 Å². The van der Waals surface area contributed by atoms with Crippen molar-refractivity contribution in [3.05, 3.63) is 60.2 Å². The van der Waals surface area contributed by atoms with Gasteiger partial charge >= 0.3 is 0 Å². The van der Waals surface area contributed by atoms with Gasteiger partial charge in [-0.25, -0.2) is 0 Å². The maximum atomic E-state index is 5.43. The molecule has 1 aromatic heterocycles. The van der Waals surface area contributed by atoms with E-state index < -0.39 is 0 Å². The second-order valence-electron chi connectivity index (χ2n) is 5.58. The van der Waals surface area contributed by atoms with E-state index in [0.29, 0.717) is 0 Å². The fourth-order valence-corrected chi connectivity index (χ4v) is 3.64. The topological polar surface area (TPSA) is 51.1 Å². The van der Waals surface area contributed by atoms with E-state index in [0.717, 1.165) is 28.5 Å². The van der Waals surface area contributed by atoms with Crippen molar-refractivity contribution in [3.8, 4) is 17.0 Å². The number of ether oxygens (including phenoxy) is 1. The van der Waals surface area contributed by atoms with Gasteiger partial charge in [-0.2, -0.15) is 9.19 Å². The Balaban J connectivity index is 1.53. The maximum Gasteiger partial charge on any atom is 0.168 e. The van der Waals surface area contributed by atoms with Gasteiger partial charge in [0.1, 0.15) is 11.6 Å². The molecular weight excluding hydrogens is 320 g/mol. The van der Waals surface area contributed by atoms with Crippen LogP contribution in [0.25, 0.3) is 11.3 Å². The molecule has 2 aromatic carbocycles. The molecule has 4 rings (SSSR count). The summed E-state index contributed by atoms with van der Waals surface area (Å²) < 4.78 is 7.34. The van der Waals surface area contributed by atoms with Crippen LogP contribution in [0.15, 0.2) is 54.6 Å². The molecule has 2 N–H and O–H groups in total. The Bertz CT molecular complexity index is 853. The number of hydrogen-bond acceptors (Lipinski definition) is 5. The van der Waals surface area contributed by atoms with Gasteiger partial charge in [-0.05, 0) is 30.7 Å². The number of nitrogens with zero attached hydrogens (tertiary/aromatic N) is 2. The normalized spacial score (nSPS) is 15.7. The predicted molar refractivity (Wildman–Crippen MR) is 99.4 cm³/mol. The molecule has 0 aliphatic carbocycles. The zero-order valence-corrected chi connectivity index (χ0v) is 14.3. The largest absolute Gasteiger partial charge is 0.496 e. The molecule has 1 aliphatic rings. The van der Waals surface area contributed by atoms with Crippen molar-refractivity contribution in [2.45, 2.75) is 12.4 Å². The van der Waals surface area contributed by atoms with Gasteiger partial charge in [0, 0.05) is 29.3 Å². The zero-order chi connectivity index (χ0) is 16.5. The quantitative estimate of drug-likeness (QED) is 0.747. The van der Waals surface area contributed by atoms with Crippen LogP contribution in [0.3, 0.4) is 0 Å². The van der Waals surface area contributed by atoms with Gasteiger partial charge < -0.3 is 15.4 Å². The number of nitrogens with one attached hydrogen (secondary N) is 2. The summed E-state index contributed by atoms with van der Waals surface area (Å²) in [4.78, 5) is 0. The molecule has 24 heavy (non-hydrogen) atoms. The molecule has 0 radical (unpaired) electrons. The van der Waals surface area contributed by atoms with Crippen LogP contribution in [0, 0.1) is 6.92 Å². The van der Waals surface area contributed by atoms with Crippen LogP contribution in [0.4, 0.5) is 11.5 Å². The molecule has 0 amide bonds. The van der Waals surface area contributed by atoms with Crippen molar-refractivity contribution in [2.75, 3.05) is 17.7 Å². The predicted octanol–water partition coefficient (Wildman–Crippen LogP) is 4.18. The number of fused-ring (bicyclic) bond motifs is 1. The fraction of sp³-hybridized carbons (Fsp3) is 0.167. The van der Waals surface area contributed by atoms with Crippen LogP contribution in [-0.2, 0) is 0 Å². The number of aryl methyl sites for hydroxylation is 1. The van der Waals surface area contributed by atoms with Gasteiger partial charge in [-0.3, -0.25) is 0 Å². The Morgan fingerprint density at radius 2 is 1.96 bits per heavy atom.